The number of hydrogen-bond donors (Lipinski definition) is 3. The van der Waals surface area contributed by atoms with Crippen molar-refractivity contribution in [3.8, 4) is 5.75 Å². The molecule has 2 atom stereocenters. The first-order chi connectivity index (χ1) is 7.10. The topological polar surface area (TPSA) is 75.7 Å². The van der Waals surface area contributed by atoms with Crippen LogP contribution in [0.25, 0.3) is 0 Å². The Morgan fingerprint density at radius 3 is 2.67 bits per heavy atom. The van der Waals surface area contributed by atoms with E-state index < -0.39 is 12.2 Å². The first kappa shape index (κ1) is 12.4. The van der Waals surface area contributed by atoms with Crippen molar-refractivity contribution in [2.75, 3.05) is 13.7 Å². The molecule has 0 bridgehead atoms. The summed E-state index contributed by atoms with van der Waals surface area (Å²) in [6.45, 7) is 0.00478. The lowest BCUT2D eigenvalue weighted by Crippen LogP contribution is -2.27. The second-order valence-corrected chi connectivity index (χ2v) is 3.99. The zero-order chi connectivity index (χ0) is 11.4. The molecule has 5 heteroatoms. The number of benzene rings is 1. The van der Waals surface area contributed by atoms with Gasteiger partial charge in [0.15, 0.2) is 0 Å². The monoisotopic (exact) mass is 275 g/mol. The molecule has 4 N–H and O–H groups in total. The minimum absolute atomic E-state index is 0.00478. The molecule has 0 aromatic heterocycles. The Kier molecular flexibility index (Phi) is 4.53. The fourth-order valence-electron chi connectivity index (χ4n) is 1.21. The van der Waals surface area contributed by atoms with E-state index in [4.69, 9.17) is 10.5 Å². The van der Waals surface area contributed by atoms with Gasteiger partial charge < -0.3 is 20.7 Å². The molecule has 1 aromatic rings. The van der Waals surface area contributed by atoms with E-state index in [0.29, 0.717) is 15.8 Å². The molecule has 0 heterocycles. The highest BCUT2D eigenvalue weighted by molar-refractivity contribution is 9.10. The number of methoxy groups -OCH3 is 1. The summed E-state index contributed by atoms with van der Waals surface area (Å²) in [6, 6.07) is 5.17. The van der Waals surface area contributed by atoms with E-state index in [0.717, 1.165) is 0 Å². The number of rotatable bonds is 4. The predicted molar refractivity (Wildman–Crippen MR) is 60.7 cm³/mol. The Morgan fingerprint density at radius 1 is 1.47 bits per heavy atom. The van der Waals surface area contributed by atoms with Crippen LogP contribution >= 0.6 is 15.9 Å². The van der Waals surface area contributed by atoms with E-state index in [1.165, 1.54) is 0 Å². The summed E-state index contributed by atoms with van der Waals surface area (Å²) in [5, 5.41) is 19.2. The summed E-state index contributed by atoms with van der Waals surface area (Å²) in [5.41, 5.74) is 5.84. The number of hydrogen-bond acceptors (Lipinski definition) is 4. The molecule has 0 aliphatic rings. The van der Waals surface area contributed by atoms with Crippen LogP contribution in [0.4, 0.5) is 0 Å². The van der Waals surface area contributed by atoms with E-state index in [1.807, 2.05) is 0 Å². The van der Waals surface area contributed by atoms with Gasteiger partial charge in [0, 0.05) is 16.6 Å². The third-order valence-electron chi connectivity index (χ3n) is 2.13. The van der Waals surface area contributed by atoms with Crippen LogP contribution in [0.3, 0.4) is 0 Å². The van der Waals surface area contributed by atoms with Gasteiger partial charge in [0.25, 0.3) is 0 Å². The highest BCUT2D eigenvalue weighted by Gasteiger charge is 2.19. The van der Waals surface area contributed by atoms with Crippen LogP contribution in [-0.2, 0) is 0 Å². The second-order valence-electron chi connectivity index (χ2n) is 3.14. The lowest BCUT2D eigenvalue weighted by atomic mass is 10.0. The number of halogens is 1. The molecule has 15 heavy (non-hydrogen) atoms. The first-order valence-electron chi connectivity index (χ1n) is 4.49. The summed E-state index contributed by atoms with van der Waals surface area (Å²) in [6.07, 6.45) is -1.99. The van der Waals surface area contributed by atoms with Crippen LogP contribution in [0.5, 0.6) is 5.75 Å². The van der Waals surface area contributed by atoms with Crippen molar-refractivity contribution in [1.29, 1.82) is 0 Å². The van der Waals surface area contributed by atoms with Gasteiger partial charge in [-0.1, -0.05) is 15.9 Å². The van der Waals surface area contributed by atoms with Gasteiger partial charge in [0.1, 0.15) is 11.9 Å². The van der Waals surface area contributed by atoms with Gasteiger partial charge >= 0.3 is 0 Å². The lowest BCUT2D eigenvalue weighted by molar-refractivity contribution is 0.0238. The largest absolute Gasteiger partial charge is 0.497 e. The normalized spacial score (nSPS) is 14.7. The summed E-state index contributed by atoms with van der Waals surface area (Å²) in [4.78, 5) is 0. The van der Waals surface area contributed by atoms with Crippen molar-refractivity contribution in [3.05, 3.63) is 28.2 Å². The maximum Gasteiger partial charge on any atom is 0.119 e. The predicted octanol–water partition coefficient (Wildman–Crippen LogP) is 0.811. The van der Waals surface area contributed by atoms with Crippen molar-refractivity contribution in [2.24, 2.45) is 5.73 Å². The molecule has 0 spiro atoms. The molecule has 2 unspecified atom stereocenters. The molecule has 0 saturated heterocycles. The average molecular weight is 276 g/mol. The fourth-order valence-corrected chi connectivity index (χ4v) is 1.69. The van der Waals surface area contributed by atoms with Crippen LogP contribution in [-0.4, -0.2) is 30.0 Å². The van der Waals surface area contributed by atoms with Gasteiger partial charge in [-0.25, -0.2) is 0 Å². The maximum atomic E-state index is 9.77. The minimum atomic E-state index is -1.01. The Labute approximate surface area is 96.8 Å². The zero-order valence-corrected chi connectivity index (χ0v) is 9.94. The summed E-state index contributed by atoms with van der Waals surface area (Å²) in [7, 11) is 1.54. The Bertz CT molecular complexity index is 332. The average Bonchev–Trinajstić information content (AvgIpc) is 2.27. The molecule has 0 radical (unpaired) electrons. The van der Waals surface area contributed by atoms with Crippen LogP contribution in [0.1, 0.15) is 11.7 Å². The molecular formula is C10H14BrNO3. The molecule has 4 nitrogen and oxygen atoms in total. The Hall–Kier alpha value is -0.620. The van der Waals surface area contributed by atoms with Gasteiger partial charge in [-0.15, -0.1) is 0 Å². The molecule has 0 aliphatic carbocycles. The molecule has 0 aliphatic heterocycles. The van der Waals surface area contributed by atoms with E-state index >= 15 is 0 Å². The molecule has 1 aromatic carbocycles. The summed E-state index contributed by atoms with van der Waals surface area (Å²) in [5.74, 6) is 0.622. The molecule has 0 fully saturated rings. The van der Waals surface area contributed by atoms with E-state index in [-0.39, 0.29) is 6.54 Å². The van der Waals surface area contributed by atoms with Crippen molar-refractivity contribution in [3.63, 3.8) is 0 Å². The second kappa shape index (κ2) is 5.46. The third-order valence-corrected chi connectivity index (χ3v) is 2.85. The van der Waals surface area contributed by atoms with Crippen molar-refractivity contribution in [1.82, 2.24) is 0 Å². The number of nitrogens with two attached hydrogens (primary N) is 1. The van der Waals surface area contributed by atoms with Gasteiger partial charge in [-0.3, -0.25) is 0 Å². The Balaban J connectivity index is 3.01. The number of aliphatic hydroxyl groups is 2. The molecular weight excluding hydrogens is 262 g/mol. The molecule has 1 rings (SSSR count). The number of aliphatic hydroxyl groups excluding tert-OH is 2. The molecule has 84 valence electrons. The maximum absolute atomic E-state index is 9.77. The molecule has 0 saturated carbocycles. The van der Waals surface area contributed by atoms with Crippen molar-refractivity contribution >= 4 is 15.9 Å². The van der Waals surface area contributed by atoms with Crippen LogP contribution in [0.15, 0.2) is 22.7 Å². The van der Waals surface area contributed by atoms with Gasteiger partial charge in [0.2, 0.25) is 0 Å². The zero-order valence-electron chi connectivity index (χ0n) is 8.35. The van der Waals surface area contributed by atoms with Gasteiger partial charge in [-0.2, -0.15) is 0 Å². The Morgan fingerprint density at radius 2 is 2.13 bits per heavy atom. The van der Waals surface area contributed by atoms with Crippen LogP contribution in [0.2, 0.25) is 0 Å². The SMILES string of the molecule is COc1ccc(Br)c(C(O)C(O)CN)c1. The fraction of sp³-hybridized carbons (Fsp3) is 0.400. The standard InChI is InChI=1S/C10H14BrNO3/c1-15-6-2-3-8(11)7(4-6)10(14)9(13)5-12/h2-4,9-10,13-14H,5,12H2,1H3. The van der Waals surface area contributed by atoms with E-state index in [9.17, 15) is 10.2 Å². The highest BCUT2D eigenvalue weighted by Crippen LogP contribution is 2.29. The summed E-state index contributed by atoms with van der Waals surface area (Å²) < 4.78 is 5.74. The summed E-state index contributed by atoms with van der Waals surface area (Å²) >= 11 is 3.29. The van der Waals surface area contributed by atoms with Gasteiger partial charge in [-0.05, 0) is 18.2 Å². The quantitative estimate of drug-likeness (QED) is 0.760. The third kappa shape index (κ3) is 2.92. The number of ether oxygens (including phenoxy) is 1. The van der Waals surface area contributed by atoms with Crippen molar-refractivity contribution in [2.45, 2.75) is 12.2 Å². The first-order valence-corrected chi connectivity index (χ1v) is 5.29. The minimum Gasteiger partial charge on any atom is -0.497 e. The van der Waals surface area contributed by atoms with E-state index in [1.54, 1.807) is 25.3 Å². The van der Waals surface area contributed by atoms with Crippen molar-refractivity contribution < 1.29 is 14.9 Å². The van der Waals surface area contributed by atoms with Gasteiger partial charge in [0.05, 0.1) is 13.2 Å². The van der Waals surface area contributed by atoms with Crippen LogP contribution < -0.4 is 10.5 Å². The lowest BCUT2D eigenvalue weighted by Gasteiger charge is -2.18. The van der Waals surface area contributed by atoms with E-state index in [2.05, 4.69) is 15.9 Å². The smallest absolute Gasteiger partial charge is 0.119 e. The highest BCUT2D eigenvalue weighted by atomic mass is 79.9. The molecule has 0 amide bonds. The van der Waals surface area contributed by atoms with Crippen LogP contribution in [0, 0.1) is 0 Å².